The number of aryl methyl sites for hydroxylation is 1. The maximum Gasteiger partial charge on any atom is 0.263 e. The molecule has 4 nitrogen and oxygen atoms in total. The number of nitrogens with zero attached hydrogens (tertiary/aromatic N) is 1. The van der Waals surface area contributed by atoms with Gasteiger partial charge in [-0.1, -0.05) is 35.1 Å². The van der Waals surface area contributed by atoms with Crippen LogP contribution in [0, 0.1) is 6.92 Å². The van der Waals surface area contributed by atoms with Crippen molar-refractivity contribution < 1.29 is 4.79 Å². The van der Waals surface area contributed by atoms with E-state index in [0.29, 0.717) is 16.4 Å². The Labute approximate surface area is 127 Å². The van der Waals surface area contributed by atoms with Crippen molar-refractivity contribution in [2.24, 2.45) is 0 Å². The maximum absolute atomic E-state index is 12.1. The lowest BCUT2D eigenvalue weighted by Gasteiger charge is -2.04. The van der Waals surface area contributed by atoms with Gasteiger partial charge in [-0.2, -0.15) is 0 Å². The first-order valence-corrected chi connectivity index (χ1v) is 7.47. The Hall–Kier alpha value is -1.59. The summed E-state index contributed by atoms with van der Waals surface area (Å²) in [6, 6.07) is 7.65. The Morgan fingerprint density at radius 3 is 2.90 bits per heavy atom. The van der Waals surface area contributed by atoms with Crippen molar-refractivity contribution in [1.82, 2.24) is 10.3 Å². The van der Waals surface area contributed by atoms with Crippen LogP contribution in [-0.4, -0.2) is 24.5 Å². The molecule has 106 valence electrons. The topological polar surface area (TPSA) is 54.0 Å². The second kappa shape index (κ2) is 6.72. The smallest absolute Gasteiger partial charge is 0.263 e. The van der Waals surface area contributed by atoms with Gasteiger partial charge in [0, 0.05) is 18.6 Å². The second-order valence-electron chi connectivity index (χ2n) is 4.32. The number of halogens is 1. The van der Waals surface area contributed by atoms with Crippen LogP contribution in [0.4, 0.5) is 5.13 Å². The fraction of sp³-hybridized carbons (Fsp3) is 0.286. The van der Waals surface area contributed by atoms with Crippen molar-refractivity contribution in [1.29, 1.82) is 0 Å². The van der Waals surface area contributed by atoms with Crippen LogP contribution in [-0.2, 0) is 6.42 Å². The zero-order valence-corrected chi connectivity index (χ0v) is 12.9. The molecular weight excluding hydrogens is 294 g/mol. The van der Waals surface area contributed by atoms with Crippen LogP contribution in [0.25, 0.3) is 0 Å². The molecule has 1 amide bonds. The van der Waals surface area contributed by atoms with Crippen molar-refractivity contribution >= 4 is 34.0 Å². The van der Waals surface area contributed by atoms with E-state index in [0.717, 1.165) is 22.8 Å². The molecule has 0 atom stereocenters. The molecule has 0 saturated heterocycles. The zero-order chi connectivity index (χ0) is 14.5. The third-order valence-electron chi connectivity index (χ3n) is 2.80. The number of rotatable bonds is 5. The van der Waals surface area contributed by atoms with Gasteiger partial charge in [0.05, 0.1) is 5.69 Å². The molecule has 1 aromatic carbocycles. The van der Waals surface area contributed by atoms with Gasteiger partial charge in [0.2, 0.25) is 0 Å². The number of benzene rings is 1. The van der Waals surface area contributed by atoms with Gasteiger partial charge in [-0.05, 0) is 31.0 Å². The summed E-state index contributed by atoms with van der Waals surface area (Å²) >= 11 is 7.28. The van der Waals surface area contributed by atoms with Crippen LogP contribution < -0.4 is 10.6 Å². The predicted octanol–water partition coefficient (Wildman–Crippen LogP) is 3.12. The molecule has 0 radical (unpaired) electrons. The average molecular weight is 310 g/mol. The Kier molecular flexibility index (Phi) is 4.98. The third kappa shape index (κ3) is 3.71. The van der Waals surface area contributed by atoms with E-state index in [2.05, 4.69) is 15.6 Å². The first kappa shape index (κ1) is 14.8. The van der Waals surface area contributed by atoms with E-state index in [1.54, 1.807) is 7.05 Å². The van der Waals surface area contributed by atoms with Gasteiger partial charge in [-0.15, -0.1) is 0 Å². The summed E-state index contributed by atoms with van der Waals surface area (Å²) in [5.74, 6) is -0.0801. The number of carbonyl (C=O) groups is 1. The van der Waals surface area contributed by atoms with Crippen molar-refractivity contribution in [3.63, 3.8) is 0 Å². The largest absolute Gasteiger partial charge is 0.365 e. The standard InChI is InChI=1S/C14H16ClN3OS/c1-9-12(20-14(16-2)18-9)13(19)17-7-6-10-4-3-5-11(15)8-10/h3-5,8H,6-7H2,1-2H3,(H,16,18)(H,17,19). The number of carbonyl (C=O) groups excluding carboxylic acids is 1. The molecule has 0 fully saturated rings. The molecule has 0 aliphatic heterocycles. The summed E-state index contributed by atoms with van der Waals surface area (Å²) in [5, 5.41) is 7.32. The SMILES string of the molecule is CNc1nc(C)c(C(=O)NCCc2cccc(Cl)c2)s1. The van der Waals surface area contributed by atoms with Crippen molar-refractivity contribution in [3.8, 4) is 0 Å². The summed E-state index contributed by atoms with van der Waals surface area (Å²) in [4.78, 5) is 17.0. The number of hydrogen-bond donors (Lipinski definition) is 2. The molecule has 0 aliphatic carbocycles. The van der Waals surface area contributed by atoms with Gasteiger partial charge in [-0.3, -0.25) is 4.79 Å². The highest BCUT2D eigenvalue weighted by Gasteiger charge is 2.14. The summed E-state index contributed by atoms with van der Waals surface area (Å²) in [6.45, 7) is 2.41. The second-order valence-corrected chi connectivity index (χ2v) is 5.75. The lowest BCUT2D eigenvalue weighted by atomic mass is 10.1. The minimum absolute atomic E-state index is 0.0801. The van der Waals surface area contributed by atoms with Crippen LogP contribution in [0.5, 0.6) is 0 Å². The third-order valence-corrected chi connectivity index (χ3v) is 4.21. The Morgan fingerprint density at radius 1 is 1.45 bits per heavy atom. The number of amides is 1. The highest BCUT2D eigenvalue weighted by atomic mass is 35.5. The molecule has 2 rings (SSSR count). The zero-order valence-electron chi connectivity index (χ0n) is 11.4. The molecule has 1 aromatic heterocycles. The fourth-order valence-electron chi connectivity index (χ4n) is 1.81. The summed E-state index contributed by atoms with van der Waals surface area (Å²) in [5.41, 5.74) is 1.86. The van der Waals surface area contributed by atoms with Gasteiger partial charge in [0.1, 0.15) is 4.88 Å². The monoisotopic (exact) mass is 309 g/mol. The van der Waals surface area contributed by atoms with Crippen LogP contribution in [0.3, 0.4) is 0 Å². The molecule has 0 saturated carbocycles. The number of nitrogens with one attached hydrogen (secondary N) is 2. The van der Waals surface area contributed by atoms with Crippen LogP contribution in [0.2, 0.25) is 5.02 Å². The fourth-order valence-corrected chi connectivity index (χ4v) is 2.86. The highest BCUT2D eigenvalue weighted by Crippen LogP contribution is 2.21. The molecule has 0 spiro atoms. The van der Waals surface area contributed by atoms with Crippen molar-refractivity contribution in [2.45, 2.75) is 13.3 Å². The van der Waals surface area contributed by atoms with E-state index < -0.39 is 0 Å². The van der Waals surface area contributed by atoms with E-state index in [4.69, 9.17) is 11.6 Å². The van der Waals surface area contributed by atoms with Crippen molar-refractivity contribution in [2.75, 3.05) is 18.9 Å². The molecule has 2 N–H and O–H groups in total. The van der Waals surface area contributed by atoms with Crippen LogP contribution in [0.1, 0.15) is 20.9 Å². The molecule has 0 unspecified atom stereocenters. The molecule has 20 heavy (non-hydrogen) atoms. The quantitative estimate of drug-likeness (QED) is 0.892. The van der Waals surface area contributed by atoms with Gasteiger partial charge >= 0.3 is 0 Å². The van der Waals surface area contributed by atoms with Gasteiger partial charge < -0.3 is 10.6 Å². The molecule has 6 heteroatoms. The number of anilines is 1. The van der Waals surface area contributed by atoms with Crippen molar-refractivity contribution in [3.05, 3.63) is 45.4 Å². The highest BCUT2D eigenvalue weighted by molar-refractivity contribution is 7.17. The Bertz CT molecular complexity index is 612. The van der Waals surface area contributed by atoms with Gasteiger partial charge in [-0.25, -0.2) is 4.98 Å². The molecule has 0 aliphatic rings. The molecule has 0 bridgehead atoms. The number of thiazole rings is 1. The molecular formula is C14H16ClN3OS. The lowest BCUT2D eigenvalue weighted by molar-refractivity contribution is 0.0957. The predicted molar refractivity (Wildman–Crippen MR) is 83.9 cm³/mol. The van der Waals surface area contributed by atoms with E-state index in [-0.39, 0.29) is 5.91 Å². The van der Waals surface area contributed by atoms with E-state index in [1.807, 2.05) is 31.2 Å². The number of hydrogen-bond acceptors (Lipinski definition) is 4. The first-order chi connectivity index (χ1) is 9.60. The summed E-state index contributed by atoms with van der Waals surface area (Å²) < 4.78 is 0. The maximum atomic E-state index is 12.1. The first-order valence-electron chi connectivity index (χ1n) is 6.28. The Morgan fingerprint density at radius 2 is 2.25 bits per heavy atom. The van der Waals surface area contributed by atoms with E-state index in [1.165, 1.54) is 11.3 Å². The number of aromatic nitrogens is 1. The van der Waals surface area contributed by atoms with E-state index in [9.17, 15) is 4.79 Å². The van der Waals surface area contributed by atoms with Crippen LogP contribution >= 0.6 is 22.9 Å². The minimum Gasteiger partial charge on any atom is -0.365 e. The van der Waals surface area contributed by atoms with Gasteiger partial charge in [0.25, 0.3) is 5.91 Å². The Balaban J connectivity index is 1.90. The van der Waals surface area contributed by atoms with Gasteiger partial charge in [0.15, 0.2) is 5.13 Å². The summed E-state index contributed by atoms with van der Waals surface area (Å²) in [7, 11) is 1.79. The average Bonchev–Trinajstić information content (AvgIpc) is 2.80. The molecule has 1 heterocycles. The van der Waals surface area contributed by atoms with Crippen LogP contribution in [0.15, 0.2) is 24.3 Å². The van der Waals surface area contributed by atoms with E-state index >= 15 is 0 Å². The summed E-state index contributed by atoms with van der Waals surface area (Å²) in [6.07, 6.45) is 0.753. The minimum atomic E-state index is -0.0801. The molecule has 2 aromatic rings. The lowest BCUT2D eigenvalue weighted by Crippen LogP contribution is -2.25. The normalized spacial score (nSPS) is 10.3.